The average Bonchev–Trinajstić information content (AvgIpc) is 3.23. The normalized spacial score (nSPS) is 19.3. The summed E-state index contributed by atoms with van der Waals surface area (Å²) >= 11 is 0. The molecule has 0 aromatic heterocycles. The second-order valence-electron chi connectivity index (χ2n) is 9.36. The van der Waals surface area contributed by atoms with Gasteiger partial charge in [-0.3, -0.25) is 14.4 Å². The zero-order valence-corrected chi connectivity index (χ0v) is 19.3. The number of nitrogens with one attached hydrogen (secondary N) is 2. The molecule has 1 fully saturated rings. The highest BCUT2D eigenvalue weighted by Gasteiger charge is 2.45. The Morgan fingerprint density at radius 2 is 1.59 bits per heavy atom. The van der Waals surface area contributed by atoms with Gasteiger partial charge in [-0.1, -0.05) is 81.4 Å². The minimum absolute atomic E-state index is 0.0596. The van der Waals surface area contributed by atoms with Crippen molar-refractivity contribution in [3.63, 3.8) is 0 Å². The van der Waals surface area contributed by atoms with Crippen LogP contribution in [0.15, 0.2) is 60.7 Å². The Bertz CT molecular complexity index is 938. The van der Waals surface area contributed by atoms with Crippen LogP contribution in [0.2, 0.25) is 0 Å². The number of carbonyl (C=O) groups excluding carboxylic acids is 3. The number of hydrogen-bond donors (Lipinski definition) is 2. The van der Waals surface area contributed by atoms with Gasteiger partial charge in [0.1, 0.15) is 12.1 Å². The van der Waals surface area contributed by atoms with Crippen LogP contribution >= 0.6 is 0 Å². The maximum atomic E-state index is 13.6. The Balaban J connectivity index is 1.89. The number of amides is 3. The van der Waals surface area contributed by atoms with Crippen molar-refractivity contribution >= 4 is 17.7 Å². The van der Waals surface area contributed by atoms with Crippen molar-refractivity contribution in [3.8, 4) is 0 Å². The van der Waals surface area contributed by atoms with E-state index < -0.39 is 17.5 Å². The molecule has 0 aliphatic carbocycles. The largest absolute Gasteiger partial charge is 0.357 e. The van der Waals surface area contributed by atoms with E-state index in [0.717, 1.165) is 11.1 Å². The molecular weight excluding hydrogens is 402 g/mol. The van der Waals surface area contributed by atoms with Crippen molar-refractivity contribution in [2.75, 3.05) is 13.6 Å². The number of likely N-dealkylation sites (N-methyl/N-ethyl adjacent to an activating group) is 1. The maximum absolute atomic E-state index is 13.6. The number of benzene rings is 2. The number of carbonyl (C=O) groups is 3. The molecule has 2 aromatic rings. The highest BCUT2D eigenvalue weighted by molar-refractivity contribution is 5.94. The first-order valence-corrected chi connectivity index (χ1v) is 11.1. The Kier molecular flexibility index (Phi) is 7.33. The van der Waals surface area contributed by atoms with Gasteiger partial charge in [-0.2, -0.15) is 0 Å². The van der Waals surface area contributed by atoms with Crippen molar-refractivity contribution in [1.29, 1.82) is 0 Å². The monoisotopic (exact) mass is 435 g/mol. The molecule has 3 rings (SSSR count). The molecule has 0 bridgehead atoms. The molecule has 1 aliphatic rings. The molecular formula is C26H33N3O3. The van der Waals surface area contributed by atoms with E-state index in [0.29, 0.717) is 19.4 Å². The fourth-order valence-electron chi connectivity index (χ4n) is 4.31. The van der Waals surface area contributed by atoms with Crippen molar-refractivity contribution in [3.05, 3.63) is 71.8 Å². The van der Waals surface area contributed by atoms with Gasteiger partial charge in [-0.05, 0) is 17.5 Å². The van der Waals surface area contributed by atoms with Crippen molar-refractivity contribution in [2.24, 2.45) is 5.41 Å². The summed E-state index contributed by atoms with van der Waals surface area (Å²) in [5, 5.41) is 5.60. The minimum Gasteiger partial charge on any atom is -0.357 e. The summed E-state index contributed by atoms with van der Waals surface area (Å²) in [5.41, 5.74) is 1.38. The molecule has 32 heavy (non-hydrogen) atoms. The molecule has 2 aromatic carbocycles. The second-order valence-corrected chi connectivity index (χ2v) is 9.36. The maximum Gasteiger partial charge on any atom is 0.244 e. The van der Waals surface area contributed by atoms with Gasteiger partial charge in [0.2, 0.25) is 17.7 Å². The third-order valence-corrected chi connectivity index (χ3v) is 5.96. The fraction of sp³-hybridized carbons (Fsp3) is 0.423. The van der Waals surface area contributed by atoms with Crippen LogP contribution in [0.3, 0.4) is 0 Å². The molecule has 6 nitrogen and oxygen atoms in total. The smallest absolute Gasteiger partial charge is 0.244 e. The molecule has 6 heteroatoms. The Morgan fingerprint density at radius 1 is 1.00 bits per heavy atom. The zero-order valence-electron chi connectivity index (χ0n) is 19.3. The van der Waals surface area contributed by atoms with Gasteiger partial charge < -0.3 is 15.5 Å². The van der Waals surface area contributed by atoms with E-state index in [9.17, 15) is 14.4 Å². The second kappa shape index (κ2) is 9.98. The molecule has 3 atom stereocenters. The van der Waals surface area contributed by atoms with Crippen LogP contribution in [0.4, 0.5) is 0 Å². The minimum atomic E-state index is -0.724. The van der Waals surface area contributed by atoms with Crippen molar-refractivity contribution in [2.45, 2.75) is 51.6 Å². The Hall–Kier alpha value is -3.15. The summed E-state index contributed by atoms with van der Waals surface area (Å²) in [4.78, 5) is 41.1. The van der Waals surface area contributed by atoms with Crippen LogP contribution in [0, 0.1) is 5.41 Å². The lowest BCUT2D eigenvalue weighted by Crippen LogP contribution is -2.55. The highest BCUT2D eigenvalue weighted by atomic mass is 16.2. The first-order chi connectivity index (χ1) is 15.2. The Labute approximate surface area is 190 Å². The highest BCUT2D eigenvalue weighted by Crippen LogP contribution is 2.36. The van der Waals surface area contributed by atoms with Crippen molar-refractivity contribution < 1.29 is 14.4 Å². The summed E-state index contributed by atoms with van der Waals surface area (Å²) in [6.45, 7) is 6.10. The summed E-state index contributed by atoms with van der Waals surface area (Å²) < 4.78 is 0. The first kappa shape index (κ1) is 23.5. The van der Waals surface area contributed by atoms with Crippen molar-refractivity contribution in [1.82, 2.24) is 15.5 Å². The molecule has 1 saturated heterocycles. The topological polar surface area (TPSA) is 78.5 Å². The van der Waals surface area contributed by atoms with E-state index >= 15 is 0 Å². The predicted octanol–water partition coefficient (Wildman–Crippen LogP) is 2.89. The van der Waals surface area contributed by atoms with Crippen LogP contribution < -0.4 is 10.6 Å². The summed E-state index contributed by atoms with van der Waals surface area (Å²) in [5.74, 6) is -0.733. The lowest BCUT2D eigenvalue weighted by Gasteiger charge is -2.33. The molecule has 2 N–H and O–H groups in total. The Morgan fingerprint density at radius 3 is 2.16 bits per heavy atom. The molecule has 0 spiro atoms. The molecule has 0 radical (unpaired) electrons. The van der Waals surface area contributed by atoms with E-state index in [-0.39, 0.29) is 23.6 Å². The third-order valence-electron chi connectivity index (χ3n) is 5.96. The van der Waals surface area contributed by atoms with E-state index in [1.54, 1.807) is 11.9 Å². The molecule has 1 aliphatic heterocycles. The average molecular weight is 436 g/mol. The summed E-state index contributed by atoms with van der Waals surface area (Å²) in [6, 6.07) is 18.0. The predicted molar refractivity (Wildman–Crippen MR) is 125 cm³/mol. The SMILES string of the molecule is CNC(=O)[C@H](Cc1ccccc1)NC(=O)[C@@H]1[C@H](c2ccccc2)CCN1C(=O)C(C)(C)C. The quantitative estimate of drug-likeness (QED) is 0.732. The van der Waals surface area contributed by atoms with E-state index in [4.69, 9.17) is 0 Å². The number of rotatable bonds is 6. The van der Waals surface area contributed by atoms with Crippen LogP contribution in [0.1, 0.15) is 44.2 Å². The molecule has 1 heterocycles. The van der Waals surface area contributed by atoms with Gasteiger partial charge in [0.15, 0.2) is 0 Å². The number of nitrogens with zero attached hydrogens (tertiary/aromatic N) is 1. The van der Waals surface area contributed by atoms with Crippen LogP contribution in [0.5, 0.6) is 0 Å². The lowest BCUT2D eigenvalue weighted by atomic mass is 9.89. The van der Waals surface area contributed by atoms with Crippen LogP contribution in [-0.2, 0) is 20.8 Å². The standard InChI is InChI=1S/C26H33N3O3/c1-26(2,3)25(32)29-16-15-20(19-13-9-6-10-14-19)22(29)24(31)28-21(23(30)27-4)17-18-11-7-5-8-12-18/h5-14,20-22H,15-17H2,1-4H3,(H,27,30)(H,28,31)/t20-,21-,22-/m0/s1. The van der Waals surface area contributed by atoms with Crippen LogP contribution in [-0.4, -0.2) is 48.3 Å². The van der Waals surface area contributed by atoms with Gasteiger partial charge >= 0.3 is 0 Å². The fourth-order valence-corrected chi connectivity index (χ4v) is 4.31. The summed E-state index contributed by atoms with van der Waals surface area (Å²) in [7, 11) is 1.56. The number of likely N-dealkylation sites (tertiary alicyclic amines) is 1. The van der Waals surface area contributed by atoms with Crippen LogP contribution in [0.25, 0.3) is 0 Å². The molecule has 3 amide bonds. The van der Waals surface area contributed by atoms with Gasteiger partial charge in [-0.15, -0.1) is 0 Å². The molecule has 0 unspecified atom stereocenters. The molecule has 0 saturated carbocycles. The first-order valence-electron chi connectivity index (χ1n) is 11.1. The van der Waals surface area contributed by atoms with Gasteiger partial charge in [0.25, 0.3) is 0 Å². The van der Waals surface area contributed by atoms with E-state index in [2.05, 4.69) is 10.6 Å². The van der Waals surface area contributed by atoms with Gasteiger partial charge in [0, 0.05) is 31.3 Å². The van der Waals surface area contributed by atoms with E-state index in [1.807, 2.05) is 81.4 Å². The van der Waals surface area contributed by atoms with E-state index in [1.165, 1.54) is 0 Å². The third kappa shape index (κ3) is 5.36. The number of hydrogen-bond acceptors (Lipinski definition) is 3. The lowest BCUT2D eigenvalue weighted by molar-refractivity contribution is -0.145. The molecule has 170 valence electrons. The van der Waals surface area contributed by atoms with Gasteiger partial charge in [0.05, 0.1) is 0 Å². The summed E-state index contributed by atoms with van der Waals surface area (Å²) in [6.07, 6.45) is 1.08. The zero-order chi connectivity index (χ0) is 23.3. The van der Waals surface area contributed by atoms with Gasteiger partial charge in [-0.25, -0.2) is 0 Å².